The standard InChI is InChI=1S/C16H20N4O2S/c1-12-10-18-11-19-16(12)20-8-6-14(7-9-20)13-2-4-15(5-3-13)23(17,21)22/h2-5,10-11,14H,6-9H2,1H3,(H2,17,21,22). The Kier molecular flexibility index (Phi) is 4.32. The second kappa shape index (κ2) is 6.25. The molecule has 2 heterocycles. The molecule has 0 radical (unpaired) electrons. The van der Waals surface area contributed by atoms with Gasteiger partial charge in [-0.25, -0.2) is 23.5 Å². The molecule has 0 unspecified atom stereocenters. The summed E-state index contributed by atoms with van der Waals surface area (Å²) in [7, 11) is -3.62. The fourth-order valence-electron chi connectivity index (χ4n) is 3.08. The molecular formula is C16H20N4O2S. The Morgan fingerprint density at radius 3 is 2.39 bits per heavy atom. The maximum Gasteiger partial charge on any atom is 0.238 e. The summed E-state index contributed by atoms with van der Waals surface area (Å²) in [5.41, 5.74) is 2.25. The van der Waals surface area contributed by atoms with Gasteiger partial charge in [-0.1, -0.05) is 12.1 Å². The predicted molar refractivity (Wildman–Crippen MR) is 88.8 cm³/mol. The van der Waals surface area contributed by atoms with Gasteiger partial charge in [-0.2, -0.15) is 0 Å². The van der Waals surface area contributed by atoms with Crippen molar-refractivity contribution in [3.63, 3.8) is 0 Å². The number of aromatic nitrogens is 2. The van der Waals surface area contributed by atoms with Gasteiger partial charge in [0.25, 0.3) is 0 Å². The maximum absolute atomic E-state index is 11.3. The maximum atomic E-state index is 11.3. The van der Waals surface area contributed by atoms with Crippen LogP contribution in [-0.4, -0.2) is 31.5 Å². The van der Waals surface area contributed by atoms with Gasteiger partial charge in [0.05, 0.1) is 4.90 Å². The minimum absolute atomic E-state index is 0.162. The van der Waals surface area contributed by atoms with Gasteiger partial charge in [-0.15, -0.1) is 0 Å². The summed E-state index contributed by atoms with van der Waals surface area (Å²) in [5.74, 6) is 1.44. The van der Waals surface area contributed by atoms with Crippen molar-refractivity contribution in [2.24, 2.45) is 5.14 Å². The summed E-state index contributed by atoms with van der Waals surface area (Å²) in [6.07, 6.45) is 5.44. The second-order valence-electron chi connectivity index (χ2n) is 5.90. The second-order valence-corrected chi connectivity index (χ2v) is 7.47. The van der Waals surface area contributed by atoms with Crippen molar-refractivity contribution in [2.45, 2.75) is 30.6 Å². The van der Waals surface area contributed by atoms with Crippen LogP contribution >= 0.6 is 0 Å². The molecule has 0 atom stereocenters. The van der Waals surface area contributed by atoms with Crippen molar-refractivity contribution in [3.05, 3.63) is 47.9 Å². The minimum Gasteiger partial charge on any atom is -0.356 e. The van der Waals surface area contributed by atoms with E-state index in [0.29, 0.717) is 5.92 Å². The van der Waals surface area contributed by atoms with Crippen LogP contribution in [0.4, 0.5) is 5.82 Å². The highest BCUT2D eigenvalue weighted by Gasteiger charge is 2.22. The van der Waals surface area contributed by atoms with Crippen LogP contribution in [0.5, 0.6) is 0 Å². The third-order valence-corrected chi connectivity index (χ3v) is 5.27. The number of benzene rings is 1. The van der Waals surface area contributed by atoms with Gasteiger partial charge in [0, 0.05) is 24.8 Å². The molecule has 1 aromatic carbocycles. The fourth-order valence-corrected chi connectivity index (χ4v) is 3.59. The Labute approximate surface area is 136 Å². The number of aryl methyl sites for hydroxylation is 1. The molecule has 0 saturated carbocycles. The Balaban J connectivity index is 1.68. The number of anilines is 1. The molecule has 0 amide bonds. The molecule has 1 aliphatic rings. The van der Waals surface area contributed by atoms with Crippen molar-refractivity contribution in [2.75, 3.05) is 18.0 Å². The Morgan fingerprint density at radius 2 is 1.83 bits per heavy atom. The zero-order valence-corrected chi connectivity index (χ0v) is 13.8. The van der Waals surface area contributed by atoms with Crippen LogP contribution in [0.1, 0.15) is 29.9 Å². The molecule has 23 heavy (non-hydrogen) atoms. The summed E-state index contributed by atoms with van der Waals surface area (Å²) >= 11 is 0. The van der Waals surface area contributed by atoms with E-state index in [0.717, 1.165) is 42.9 Å². The highest BCUT2D eigenvalue weighted by Crippen LogP contribution is 2.31. The largest absolute Gasteiger partial charge is 0.356 e. The Morgan fingerprint density at radius 1 is 1.17 bits per heavy atom. The van der Waals surface area contributed by atoms with Crippen molar-refractivity contribution in [3.8, 4) is 0 Å². The third kappa shape index (κ3) is 3.51. The van der Waals surface area contributed by atoms with E-state index in [1.54, 1.807) is 18.5 Å². The SMILES string of the molecule is Cc1cncnc1N1CCC(c2ccc(S(N)(=O)=O)cc2)CC1. The van der Waals surface area contributed by atoms with E-state index in [4.69, 9.17) is 5.14 Å². The summed E-state index contributed by atoms with van der Waals surface area (Å²) in [6, 6.07) is 6.92. The molecular weight excluding hydrogens is 312 g/mol. The van der Waals surface area contributed by atoms with Crippen molar-refractivity contribution >= 4 is 15.8 Å². The average molecular weight is 332 g/mol. The lowest BCUT2D eigenvalue weighted by Crippen LogP contribution is -2.34. The number of rotatable bonds is 3. The summed E-state index contributed by atoms with van der Waals surface area (Å²) in [5, 5.41) is 5.14. The van der Waals surface area contributed by atoms with E-state index in [-0.39, 0.29) is 4.90 Å². The Hall–Kier alpha value is -1.99. The van der Waals surface area contributed by atoms with Crippen LogP contribution in [0.15, 0.2) is 41.7 Å². The number of nitrogens with zero attached hydrogens (tertiary/aromatic N) is 3. The first-order chi connectivity index (χ1) is 10.9. The molecule has 0 spiro atoms. The van der Waals surface area contributed by atoms with E-state index in [1.165, 1.54) is 0 Å². The van der Waals surface area contributed by atoms with Crippen LogP contribution < -0.4 is 10.0 Å². The number of sulfonamides is 1. The molecule has 2 aromatic rings. The lowest BCUT2D eigenvalue weighted by molar-refractivity contribution is 0.501. The molecule has 122 valence electrons. The van der Waals surface area contributed by atoms with Crippen LogP contribution in [0.25, 0.3) is 0 Å². The van der Waals surface area contributed by atoms with Gasteiger partial charge < -0.3 is 4.90 Å². The number of hydrogen-bond acceptors (Lipinski definition) is 5. The smallest absolute Gasteiger partial charge is 0.238 e. The van der Waals surface area contributed by atoms with Crippen LogP contribution in [0.3, 0.4) is 0 Å². The molecule has 6 nitrogen and oxygen atoms in total. The molecule has 1 aromatic heterocycles. The van der Waals surface area contributed by atoms with E-state index >= 15 is 0 Å². The van der Waals surface area contributed by atoms with Gasteiger partial charge in [0.1, 0.15) is 12.1 Å². The van der Waals surface area contributed by atoms with Crippen molar-refractivity contribution in [1.82, 2.24) is 9.97 Å². The average Bonchev–Trinajstić information content (AvgIpc) is 2.55. The van der Waals surface area contributed by atoms with Crippen LogP contribution in [-0.2, 0) is 10.0 Å². The van der Waals surface area contributed by atoms with Gasteiger partial charge >= 0.3 is 0 Å². The monoisotopic (exact) mass is 332 g/mol. The highest BCUT2D eigenvalue weighted by atomic mass is 32.2. The van der Waals surface area contributed by atoms with E-state index in [9.17, 15) is 8.42 Å². The minimum atomic E-state index is -3.62. The molecule has 1 aliphatic heterocycles. The number of primary sulfonamides is 1. The van der Waals surface area contributed by atoms with E-state index in [2.05, 4.69) is 14.9 Å². The summed E-state index contributed by atoms with van der Waals surface area (Å²) in [4.78, 5) is 10.9. The zero-order valence-electron chi connectivity index (χ0n) is 13.0. The first kappa shape index (κ1) is 15.9. The zero-order chi connectivity index (χ0) is 16.4. The van der Waals surface area contributed by atoms with Gasteiger partial charge in [0.15, 0.2) is 0 Å². The first-order valence-electron chi connectivity index (χ1n) is 7.59. The van der Waals surface area contributed by atoms with Gasteiger partial charge in [-0.05, 0) is 43.4 Å². The normalized spacial score (nSPS) is 16.5. The fraction of sp³-hybridized carbons (Fsp3) is 0.375. The van der Waals surface area contributed by atoms with E-state index < -0.39 is 10.0 Å². The summed E-state index contributed by atoms with van der Waals surface area (Å²) < 4.78 is 22.6. The predicted octanol–water partition coefficient (Wildman–Crippen LogP) is 1.82. The molecule has 0 aliphatic carbocycles. The van der Waals surface area contributed by atoms with Gasteiger partial charge in [0.2, 0.25) is 10.0 Å². The van der Waals surface area contributed by atoms with Crippen LogP contribution in [0.2, 0.25) is 0 Å². The lowest BCUT2D eigenvalue weighted by atomic mass is 9.89. The Bertz CT molecular complexity index is 782. The third-order valence-electron chi connectivity index (χ3n) is 4.34. The molecule has 2 N–H and O–H groups in total. The molecule has 7 heteroatoms. The molecule has 0 bridgehead atoms. The van der Waals surface area contributed by atoms with Crippen LogP contribution in [0, 0.1) is 6.92 Å². The highest BCUT2D eigenvalue weighted by molar-refractivity contribution is 7.89. The number of piperidine rings is 1. The van der Waals surface area contributed by atoms with Crippen molar-refractivity contribution in [1.29, 1.82) is 0 Å². The van der Waals surface area contributed by atoms with Gasteiger partial charge in [-0.3, -0.25) is 0 Å². The summed E-state index contributed by atoms with van der Waals surface area (Å²) in [6.45, 7) is 3.88. The quantitative estimate of drug-likeness (QED) is 0.926. The first-order valence-corrected chi connectivity index (χ1v) is 9.14. The lowest BCUT2D eigenvalue weighted by Gasteiger charge is -2.33. The number of nitrogens with two attached hydrogens (primary N) is 1. The van der Waals surface area contributed by atoms with E-state index in [1.807, 2.05) is 25.3 Å². The topological polar surface area (TPSA) is 89.2 Å². The van der Waals surface area contributed by atoms with Crippen molar-refractivity contribution < 1.29 is 8.42 Å². The molecule has 1 fully saturated rings. The molecule has 3 rings (SSSR count). The number of hydrogen-bond donors (Lipinski definition) is 1. The molecule has 1 saturated heterocycles.